The van der Waals surface area contributed by atoms with E-state index in [2.05, 4.69) is 10.2 Å². The van der Waals surface area contributed by atoms with E-state index in [1.54, 1.807) is 6.20 Å². The highest BCUT2D eigenvalue weighted by Crippen LogP contribution is 2.61. The van der Waals surface area contributed by atoms with Crippen molar-refractivity contribution in [3.05, 3.63) is 17.5 Å². The maximum Gasteiger partial charge on any atom is 0.313 e. The number of carboxylic acids is 1. The Morgan fingerprint density at radius 3 is 3.00 bits per heavy atom. The summed E-state index contributed by atoms with van der Waals surface area (Å²) >= 11 is 0. The third kappa shape index (κ3) is 0.882. The van der Waals surface area contributed by atoms with Crippen molar-refractivity contribution >= 4 is 5.97 Å². The Labute approximate surface area is 81.3 Å². The SMILES string of the molecule is O=C(O)C1c2[nH]ncc2CCC12CC2. The molecule has 2 aliphatic carbocycles. The fourth-order valence-corrected chi connectivity index (χ4v) is 2.69. The van der Waals surface area contributed by atoms with Crippen LogP contribution < -0.4 is 0 Å². The molecular weight excluding hydrogens is 180 g/mol. The molecule has 0 radical (unpaired) electrons. The second-order valence-corrected chi connectivity index (χ2v) is 4.44. The number of carboxylic acid groups (broad SMARTS) is 1. The molecule has 4 nitrogen and oxygen atoms in total. The number of aliphatic carboxylic acids is 1. The van der Waals surface area contributed by atoms with Gasteiger partial charge in [0, 0.05) is 0 Å². The van der Waals surface area contributed by atoms with Crippen molar-refractivity contribution in [2.24, 2.45) is 5.41 Å². The lowest BCUT2D eigenvalue weighted by molar-refractivity contribution is -0.141. The lowest BCUT2D eigenvalue weighted by Gasteiger charge is -2.27. The molecule has 1 heterocycles. The monoisotopic (exact) mass is 192 g/mol. The maximum atomic E-state index is 11.2. The Morgan fingerprint density at radius 1 is 1.57 bits per heavy atom. The van der Waals surface area contributed by atoms with E-state index in [0.717, 1.165) is 36.9 Å². The summed E-state index contributed by atoms with van der Waals surface area (Å²) < 4.78 is 0. The van der Waals surface area contributed by atoms with Gasteiger partial charge in [-0.1, -0.05) is 0 Å². The fourth-order valence-electron chi connectivity index (χ4n) is 2.69. The van der Waals surface area contributed by atoms with E-state index in [-0.39, 0.29) is 11.3 Å². The molecule has 0 saturated heterocycles. The van der Waals surface area contributed by atoms with Gasteiger partial charge in [-0.25, -0.2) is 0 Å². The predicted molar refractivity (Wildman–Crippen MR) is 49.0 cm³/mol. The van der Waals surface area contributed by atoms with Crippen LogP contribution in [-0.4, -0.2) is 21.3 Å². The highest BCUT2D eigenvalue weighted by Gasteiger charge is 2.55. The third-order valence-electron chi connectivity index (χ3n) is 3.68. The maximum absolute atomic E-state index is 11.2. The van der Waals surface area contributed by atoms with Gasteiger partial charge in [-0.05, 0) is 36.7 Å². The van der Waals surface area contributed by atoms with E-state index in [1.807, 2.05) is 0 Å². The summed E-state index contributed by atoms with van der Waals surface area (Å²) in [6.45, 7) is 0. The van der Waals surface area contributed by atoms with Crippen LogP contribution in [0.25, 0.3) is 0 Å². The van der Waals surface area contributed by atoms with Crippen LogP contribution in [0.15, 0.2) is 6.20 Å². The summed E-state index contributed by atoms with van der Waals surface area (Å²) in [5.74, 6) is -1.04. The van der Waals surface area contributed by atoms with Gasteiger partial charge in [0.05, 0.1) is 11.9 Å². The molecule has 74 valence electrons. The average molecular weight is 192 g/mol. The number of hydrogen-bond acceptors (Lipinski definition) is 2. The number of rotatable bonds is 1. The number of fused-ring (bicyclic) bond motifs is 1. The van der Waals surface area contributed by atoms with Crippen molar-refractivity contribution in [3.63, 3.8) is 0 Å². The number of nitrogens with one attached hydrogen (secondary N) is 1. The van der Waals surface area contributed by atoms with Crippen molar-refractivity contribution in [1.82, 2.24) is 10.2 Å². The topological polar surface area (TPSA) is 66.0 Å². The second kappa shape index (κ2) is 2.38. The summed E-state index contributed by atoms with van der Waals surface area (Å²) in [7, 11) is 0. The molecule has 3 rings (SSSR count). The molecule has 1 atom stereocenters. The molecule has 1 aromatic rings. The zero-order valence-electron chi connectivity index (χ0n) is 7.79. The molecule has 14 heavy (non-hydrogen) atoms. The molecule has 1 unspecified atom stereocenters. The van der Waals surface area contributed by atoms with E-state index < -0.39 is 5.97 Å². The third-order valence-corrected chi connectivity index (χ3v) is 3.68. The summed E-state index contributed by atoms with van der Waals surface area (Å²) in [6.07, 6.45) is 5.87. The zero-order chi connectivity index (χ0) is 9.76. The Hall–Kier alpha value is -1.32. The standard InChI is InChI=1S/C10H12N2O2/c13-9(14)7-8-6(5-11-12-8)1-2-10(7)3-4-10/h5,7H,1-4H2,(H,11,12)(H,13,14). The molecule has 1 aromatic heterocycles. The van der Waals surface area contributed by atoms with Crippen LogP contribution in [0.3, 0.4) is 0 Å². The van der Waals surface area contributed by atoms with Crippen LogP contribution in [0.4, 0.5) is 0 Å². The van der Waals surface area contributed by atoms with E-state index in [1.165, 1.54) is 0 Å². The summed E-state index contributed by atoms with van der Waals surface area (Å²) in [6, 6.07) is 0. The number of H-pyrrole nitrogens is 1. The first-order chi connectivity index (χ1) is 6.73. The van der Waals surface area contributed by atoms with E-state index in [4.69, 9.17) is 0 Å². The molecule has 2 N–H and O–H groups in total. The molecule has 2 aliphatic rings. The molecule has 0 aliphatic heterocycles. The number of carbonyl (C=O) groups is 1. The van der Waals surface area contributed by atoms with Gasteiger partial charge in [0.1, 0.15) is 5.92 Å². The number of nitrogens with zero attached hydrogens (tertiary/aromatic N) is 1. The van der Waals surface area contributed by atoms with Crippen molar-refractivity contribution in [1.29, 1.82) is 0 Å². The minimum atomic E-state index is -0.701. The van der Waals surface area contributed by atoms with Crippen LogP contribution in [0.1, 0.15) is 36.4 Å². The molecule has 1 spiro atoms. The largest absolute Gasteiger partial charge is 0.481 e. The molecule has 0 bridgehead atoms. The minimum absolute atomic E-state index is 0.0609. The average Bonchev–Trinajstić information content (AvgIpc) is 2.75. The van der Waals surface area contributed by atoms with Gasteiger partial charge in [0.15, 0.2) is 0 Å². The summed E-state index contributed by atoms with van der Waals surface area (Å²) in [5, 5.41) is 16.0. The van der Waals surface area contributed by atoms with Crippen LogP contribution >= 0.6 is 0 Å². The highest BCUT2D eigenvalue weighted by atomic mass is 16.4. The molecular formula is C10H12N2O2. The van der Waals surface area contributed by atoms with Gasteiger partial charge in [0.2, 0.25) is 0 Å². The van der Waals surface area contributed by atoms with Crippen molar-refractivity contribution in [2.45, 2.75) is 31.6 Å². The van der Waals surface area contributed by atoms with Crippen molar-refractivity contribution < 1.29 is 9.90 Å². The van der Waals surface area contributed by atoms with E-state index in [0.29, 0.717) is 0 Å². The van der Waals surface area contributed by atoms with Gasteiger partial charge in [0.25, 0.3) is 0 Å². The van der Waals surface area contributed by atoms with Gasteiger partial charge >= 0.3 is 5.97 Å². The van der Waals surface area contributed by atoms with Crippen LogP contribution in [0.2, 0.25) is 0 Å². The van der Waals surface area contributed by atoms with Crippen LogP contribution in [-0.2, 0) is 11.2 Å². The quantitative estimate of drug-likeness (QED) is 0.704. The molecule has 1 saturated carbocycles. The number of aromatic amines is 1. The first-order valence-corrected chi connectivity index (χ1v) is 4.98. The molecule has 0 aromatic carbocycles. The van der Waals surface area contributed by atoms with Gasteiger partial charge in [-0.3, -0.25) is 9.89 Å². The van der Waals surface area contributed by atoms with Gasteiger partial charge in [-0.15, -0.1) is 0 Å². The highest BCUT2D eigenvalue weighted by molar-refractivity contribution is 5.78. The predicted octanol–water partition coefficient (Wildman–Crippen LogP) is 1.30. The normalized spacial score (nSPS) is 27.3. The minimum Gasteiger partial charge on any atom is -0.481 e. The Morgan fingerprint density at radius 2 is 2.36 bits per heavy atom. The van der Waals surface area contributed by atoms with Crippen LogP contribution in [0, 0.1) is 5.41 Å². The first-order valence-electron chi connectivity index (χ1n) is 4.98. The molecule has 1 fully saturated rings. The van der Waals surface area contributed by atoms with Gasteiger partial charge in [-0.2, -0.15) is 5.10 Å². The number of aryl methyl sites for hydroxylation is 1. The van der Waals surface area contributed by atoms with E-state index in [9.17, 15) is 9.90 Å². The second-order valence-electron chi connectivity index (χ2n) is 4.44. The Bertz CT molecular complexity index is 393. The Kier molecular flexibility index (Phi) is 1.36. The fraction of sp³-hybridized carbons (Fsp3) is 0.600. The smallest absolute Gasteiger partial charge is 0.313 e. The summed E-state index contributed by atoms with van der Waals surface area (Å²) in [5.41, 5.74) is 2.00. The molecule has 4 heteroatoms. The van der Waals surface area contributed by atoms with Crippen molar-refractivity contribution in [2.75, 3.05) is 0 Å². The van der Waals surface area contributed by atoms with Crippen molar-refractivity contribution in [3.8, 4) is 0 Å². The number of hydrogen-bond donors (Lipinski definition) is 2. The van der Waals surface area contributed by atoms with Crippen LogP contribution in [0.5, 0.6) is 0 Å². The first kappa shape index (κ1) is 8.03. The Balaban J connectivity index is 2.10. The zero-order valence-corrected chi connectivity index (χ0v) is 7.79. The lowest BCUT2D eigenvalue weighted by atomic mass is 9.76. The lowest BCUT2D eigenvalue weighted by Crippen LogP contribution is -2.28. The van der Waals surface area contributed by atoms with Gasteiger partial charge < -0.3 is 5.11 Å². The molecule has 0 amide bonds. The number of aromatic nitrogens is 2. The summed E-state index contributed by atoms with van der Waals surface area (Å²) in [4.78, 5) is 11.2. The van der Waals surface area contributed by atoms with E-state index >= 15 is 0 Å².